The Hall–Kier alpha value is -3.66. The number of nitrogens with zero attached hydrogens (tertiary/aromatic N) is 2. The van der Waals surface area contributed by atoms with Gasteiger partial charge >= 0.3 is 5.97 Å². The molecule has 0 aliphatic rings. The molecule has 29 heavy (non-hydrogen) atoms. The molecule has 0 saturated carbocycles. The minimum Gasteiger partial charge on any atom is -0.477 e. The van der Waals surface area contributed by atoms with Crippen LogP contribution >= 0.6 is 0 Å². The van der Waals surface area contributed by atoms with Gasteiger partial charge in [-0.2, -0.15) is 0 Å². The van der Waals surface area contributed by atoms with Crippen molar-refractivity contribution < 1.29 is 9.90 Å². The quantitative estimate of drug-likeness (QED) is 0.499. The first-order valence-corrected chi connectivity index (χ1v) is 9.64. The van der Waals surface area contributed by atoms with Crippen LogP contribution < -0.4 is 0 Å². The van der Waals surface area contributed by atoms with Gasteiger partial charge in [0.1, 0.15) is 5.82 Å². The van der Waals surface area contributed by atoms with Crippen LogP contribution in [0, 0.1) is 0 Å². The van der Waals surface area contributed by atoms with E-state index in [1.807, 2.05) is 95.6 Å². The Bertz CT molecular complexity index is 1090. The smallest absolute Gasteiger partial charge is 0.354 e. The predicted octanol–water partition coefficient (Wildman–Crippen LogP) is 4.81. The monoisotopic (exact) mass is 382 g/mol. The van der Waals surface area contributed by atoms with Crippen molar-refractivity contribution >= 4 is 5.97 Å². The molecule has 0 aliphatic carbocycles. The molecule has 0 unspecified atom stereocenters. The van der Waals surface area contributed by atoms with Gasteiger partial charge in [-0.1, -0.05) is 91.0 Å². The number of aromatic nitrogens is 2. The van der Waals surface area contributed by atoms with E-state index < -0.39 is 5.97 Å². The van der Waals surface area contributed by atoms with Crippen molar-refractivity contribution in [2.45, 2.75) is 19.4 Å². The molecule has 1 N–H and O–H groups in total. The average molecular weight is 382 g/mol. The number of hydrogen-bond donors (Lipinski definition) is 1. The lowest BCUT2D eigenvalue weighted by molar-refractivity contribution is 0.0684. The Morgan fingerprint density at radius 3 is 1.72 bits per heavy atom. The van der Waals surface area contributed by atoms with Crippen LogP contribution in [0.15, 0.2) is 91.0 Å². The minimum absolute atomic E-state index is 0.267. The molecule has 0 saturated heterocycles. The largest absolute Gasteiger partial charge is 0.477 e. The van der Waals surface area contributed by atoms with E-state index >= 15 is 0 Å². The van der Waals surface area contributed by atoms with Gasteiger partial charge in [-0.05, 0) is 16.7 Å². The predicted molar refractivity (Wildman–Crippen MR) is 113 cm³/mol. The summed E-state index contributed by atoms with van der Waals surface area (Å²) in [5.74, 6) is -0.179. The first-order chi connectivity index (χ1) is 14.2. The fourth-order valence-corrected chi connectivity index (χ4v) is 3.55. The lowest BCUT2D eigenvalue weighted by atomic mass is 10.1. The Balaban J connectivity index is 1.78. The summed E-state index contributed by atoms with van der Waals surface area (Å²) in [6.45, 7) is 0.479. The van der Waals surface area contributed by atoms with Crippen molar-refractivity contribution in [2.24, 2.45) is 0 Å². The zero-order chi connectivity index (χ0) is 20.1. The summed E-state index contributed by atoms with van der Waals surface area (Å²) in [5.41, 5.74) is 4.07. The van der Waals surface area contributed by atoms with Crippen molar-refractivity contribution in [2.75, 3.05) is 0 Å². The molecule has 4 rings (SSSR count). The van der Waals surface area contributed by atoms with Gasteiger partial charge in [0.15, 0.2) is 5.69 Å². The van der Waals surface area contributed by atoms with E-state index in [-0.39, 0.29) is 5.69 Å². The number of aromatic carboxylic acids is 1. The Kier molecular flexibility index (Phi) is 5.52. The van der Waals surface area contributed by atoms with Crippen LogP contribution in [0.3, 0.4) is 0 Å². The molecule has 0 spiro atoms. The number of rotatable bonds is 7. The summed E-state index contributed by atoms with van der Waals surface area (Å²) < 4.78 is 1.85. The molecule has 4 aromatic rings. The Morgan fingerprint density at radius 2 is 1.21 bits per heavy atom. The highest BCUT2D eigenvalue weighted by Gasteiger charge is 2.23. The maximum absolute atomic E-state index is 12.2. The number of benzene rings is 3. The van der Waals surface area contributed by atoms with Gasteiger partial charge < -0.3 is 9.67 Å². The highest BCUT2D eigenvalue weighted by molar-refractivity contribution is 5.87. The SMILES string of the molecule is O=C(O)c1c(Cc2ccccc2)nc(Cc2ccccc2)n1Cc1ccccc1. The maximum Gasteiger partial charge on any atom is 0.354 e. The Labute approximate surface area is 170 Å². The summed E-state index contributed by atoms with van der Waals surface area (Å²) in [6, 6.07) is 29.8. The zero-order valence-electron chi connectivity index (χ0n) is 16.0. The van der Waals surface area contributed by atoms with Gasteiger partial charge in [-0.15, -0.1) is 0 Å². The summed E-state index contributed by atoms with van der Waals surface area (Å²) >= 11 is 0. The van der Waals surface area contributed by atoms with Crippen LogP contribution in [-0.2, 0) is 19.4 Å². The van der Waals surface area contributed by atoms with Gasteiger partial charge in [0.25, 0.3) is 0 Å². The molecule has 0 bridgehead atoms. The van der Waals surface area contributed by atoms with Gasteiger partial charge in [-0.3, -0.25) is 0 Å². The van der Waals surface area contributed by atoms with E-state index in [0.717, 1.165) is 22.5 Å². The molecular weight excluding hydrogens is 360 g/mol. The second kappa shape index (κ2) is 8.57. The minimum atomic E-state index is -0.946. The maximum atomic E-state index is 12.2. The van der Waals surface area contributed by atoms with E-state index in [1.165, 1.54) is 0 Å². The number of carboxylic acids is 1. The first kappa shape index (κ1) is 18.7. The fourth-order valence-electron chi connectivity index (χ4n) is 3.55. The van der Waals surface area contributed by atoms with E-state index in [2.05, 4.69) is 0 Å². The third-order valence-corrected chi connectivity index (χ3v) is 4.92. The second-order valence-corrected chi connectivity index (χ2v) is 7.02. The van der Waals surface area contributed by atoms with Gasteiger partial charge in [0, 0.05) is 19.4 Å². The molecule has 1 aromatic heterocycles. The lowest BCUT2D eigenvalue weighted by Gasteiger charge is -2.11. The lowest BCUT2D eigenvalue weighted by Crippen LogP contribution is -2.14. The summed E-state index contributed by atoms with van der Waals surface area (Å²) in [6.07, 6.45) is 1.08. The molecule has 0 radical (unpaired) electrons. The molecule has 4 nitrogen and oxygen atoms in total. The molecule has 0 amide bonds. The highest BCUT2D eigenvalue weighted by atomic mass is 16.4. The number of carbonyl (C=O) groups is 1. The van der Waals surface area contributed by atoms with Crippen molar-refractivity contribution in [3.05, 3.63) is 125 Å². The van der Waals surface area contributed by atoms with E-state index in [0.29, 0.717) is 25.1 Å². The van der Waals surface area contributed by atoms with Crippen molar-refractivity contribution in [3.63, 3.8) is 0 Å². The second-order valence-electron chi connectivity index (χ2n) is 7.02. The van der Waals surface area contributed by atoms with Crippen molar-refractivity contribution in [1.82, 2.24) is 9.55 Å². The zero-order valence-corrected chi connectivity index (χ0v) is 16.0. The van der Waals surface area contributed by atoms with Gasteiger partial charge in [-0.25, -0.2) is 9.78 Å². The highest BCUT2D eigenvalue weighted by Crippen LogP contribution is 2.21. The Morgan fingerprint density at radius 1 is 0.724 bits per heavy atom. The van der Waals surface area contributed by atoms with Crippen molar-refractivity contribution in [1.29, 1.82) is 0 Å². The topological polar surface area (TPSA) is 55.1 Å². The fraction of sp³-hybridized carbons (Fsp3) is 0.120. The van der Waals surface area contributed by atoms with Crippen molar-refractivity contribution in [3.8, 4) is 0 Å². The van der Waals surface area contributed by atoms with Crippen LogP contribution in [0.25, 0.3) is 0 Å². The third kappa shape index (κ3) is 4.43. The van der Waals surface area contributed by atoms with Crippen LogP contribution in [-0.4, -0.2) is 20.6 Å². The van der Waals surface area contributed by atoms with E-state index in [1.54, 1.807) is 0 Å². The summed E-state index contributed by atoms with van der Waals surface area (Å²) in [5, 5.41) is 10.0. The van der Waals surface area contributed by atoms with E-state index in [9.17, 15) is 9.90 Å². The van der Waals surface area contributed by atoms with Crippen LogP contribution in [0.4, 0.5) is 0 Å². The molecule has 0 aliphatic heterocycles. The first-order valence-electron chi connectivity index (χ1n) is 9.64. The standard InChI is InChI=1S/C25H22N2O2/c28-25(29)24-22(16-19-10-4-1-5-11-19)26-23(17-20-12-6-2-7-13-20)27(24)18-21-14-8-3-9-15-21/h1-15H,16-18H2,(H,28,29). The molecule has 3 aromatic carbocycles. The van der Waals surface area contributed by atoms with Crippen LogP contribution in [0.2, 0.25) is 0 Å². The van der Waals surface area contributed by atoms with Crippen LogP contribution in [0.1, 0.15) is 38.7 Å². The molecule has 144 valence electrons. The van der Waals surface area contributed by atoms with E-state index in [4.69, 9.17) is 4.98 Å². The molecular formula is C25H22N2O2. The average Bonchev–Trinajstić information content (AvgIpc) is 3.07. The van der Waals surface area contributed by atoms with Gasteiger partial charge in [0.2, 0.25) is 0 Å². The normalized spacial score (nSPS) is 10.8. The molecule has 0 fully saturated rings. The van der Waals surface area contributed by atoms with Crippen LogP contribution in [0.5, 0.6) is 0 Å². The molecule has 0 atom stereocenters. The van der Waals surface area contributed by atoms with Gasteiger partial charge in [0.05, 0.1) is 5.69 Å². The molecule has 1 heterocycles. The number of hydrogen-bond acceptors (Lipinski definition) is 2. The number of carboxylic acid groups (broad SMARTS) is 1. The summed E-state index contributed by atoms with van der Waals surface area (Å²) in [7, 11) is 0. The molecule has 4 heteroatoms. The summed E-state index contributed by atoms with van der Waals surface area (Å²) in [4.78, 5) is 17.0. The third-order valence-electron chi connectivity index (χ3n) is 4.92. The number of imidazole rings is 1.